The van der Waals surface area contributed by atoms with E-state index >= 15 is 0 Å². The molecule has 0 amide bonds. The van der Waals surface area contributed by atoms with Crippen molar-refractivity contribution in [1.82, 2.24) is 9.97 Å². The topological polar surface area (TPSA) is 51.8 Å². The van der Waals surface area contributed by atoms with Crippen LogP contribution in [0.1, 0.15) is 22.5 Å². The molecule has 1 aromatic carbocycles. The van der Waals surface area contributed by atoms with Gasteiger partial charge in [0.2, 0.25) is 0 Å². The fourth-order valence-corrected chi connectivity index (χ4v) is 1.62. The van der Waals surface area contributed by atoms with Gasteiger partial charge in [0.15, 0.2) is 0 Å². The molecule has 0 aliphatic rings. The number of nitrogens with two attached hydrogens (primary N) is 1. The summed E-state index contributed by atoms with van der Waals surface area (Å²) in [6, 6.07) is 6.42. The Morgan fingerprint density at radius 2 is 1.81 bits per heavy atom. The Hall–Kier alpha value is -1.90. The average Bonchev–Trinajstić information content (AvgIpc) is 2.27. The molecule has 0 spiro atoms. The van der Waals surface area contributed by atoms with E-state index in [4.69, 9.17) is 5.73 Å². The minimum absolute atomic E-state index is 0.602. The van der Waals surface area contributed by atoms with E-state index in [2.05, 4.69) is 42.0 Å². The van der Waals surface area contributed by atoms with Gasteiger partial charge >= 0.3 is 0 Å². The van der Waals surface area contributed by atoms with E-state index in [-0.39, 0.29) is 0 Å². The number of hydrogen-bond acceptors (Lipinski definition) is 3. The average molecular weight is 213 g/mol. The molecule has 2 N–H and O–H groups in total. The molecule has 82 valence electrons. The number of anilines is 1. The quantitative estimate of drug-likeness (QED) is 0.832. The summed E-state index contributed by atoms with van der Waals surface area (Å²) in [5.74, 6) is 0.808. The third-order valence-electron chi connectivity index (χ3n) is 2.58. The van der Waals surface area contributed by atoms with Crippen LogP contribution in [0.15, 0.2) is 30.6 Å². The third-order valence-corrected chi connectivity index (χ3v) is 2.58. The molecule has 3 heteroatoms. The number of benzene rings is 1. The summed E-state index contributed by atoms with van der Waals surface area (Å²) in [7, 11) is 0. The molecular formula is C13H15N3. The van der Waals surface area contributed by atoms with E-state index in [0.717, 1.165) is 12.2 Å². The van der Waals surface area contributed by atoms with Crippen molar-refractivity contribution in [3.8, 4) is 0 Å². The number of nitrogens with zero attached hydrogens (tertiary/aromatic N) is 2. The summed E-state index contributed by atoms with van der Waals surface area (Å²) < 4.78 is 0. The SMILES string of the molecule is Cc1ccc(C)c(Cc2ncc(N)cn2)c1. The first kappa shape index (κ1) is 10.6. The fraction of sp³-hybridized carbons (Fsp3) is 0.231. The van der Waals surface area contributed by atoms with Gasteiger partial charge in [-0.05, 0) is 25.0 Å². The third kappa shape index (κ3) is 2.37. The number of hydrogen-bond donors (Lipinski definition) is 1. The van der Waals surface area contributed by atoms with Crippen LogP contribution >= 0.6 is 0 Å². The lowest BCUT2D eigenvalue weighted by atomic mass is 10.0. The number of nitrogen functional groups attached to an aromatic ring is 1. The largest absolute Gasteiger partial charge is 0.396 e. The van der Waals surface area contributed by atoms with Crippen LogP contribution in [0.4, 0.5) is 5.69 Å². The summed E-state index contributed by atoms with van der Waals surface area (Å²) in [6.07, 6.45) is 4.05. The molecule has 0 bridgehead atoms. The summed E-state index contributed by atoms with van der Waals surface area (Å²) in [5.41, 5.74) is 9.95. The highest BCUT2D eigenvalue weighted by Crippen LogP contribution is 2.13. The monoisotopic (exact) mass is 213 g/mol. The maximum absolute atomic E-state index is 5.55. The molecule has 2 rings (SSSR count). The Bertz CT molecular complexity index is 489. The van der Waals surface area contributed by atoms with Gasteiger partial charge in [-0.15, -0.1) is 0 Å². The van der Waals surface area contributed by atoms with Gasteiger partial charge in [0.1, 0.15) is 5.82 Å². The van der Waals surface area contributed by atoms with Crippen molar-refractivity contribution in [2.24, 2.45) is 0 Å². The second-order valence-corrected chi connectivity index (χ2v) is 4.04. The van der Waals surface area contributed by atoms with Gasteiger partial charge in [0.05, 0.1) is 18.1 Å². The Kier molecular flexibility index (Phi) is 2.86. The zero-order valence-electron chi connectivity index (χ0n) is 9.57. The molecule has 0 radical (unpaired) electrons. The summed E-state index contributed by atoms with van der Waals surface area (Å²) in [5, 5.41) is 0. The Morgan fingerprint density at radius 3 is 2.50 bits per heavy atom. The lowest BCUT2D eigenvalue weighted by molar-refractivity contribution is 0.961. The molecule has 0 aliphatic heterocycles. The summed E-state index contributed by atoms with van der Waals surface area (Å²) in [6.45, 7) is 4.19. The van der Waals surface area contributed by atoms with Crippen LogP contribution in [0.3, 0.4) is 0 Å². The zero-order valence-corrected chi connectivity index (χ0v) is 9.57. The number of rotatable bonds is 2. The van der Waals surface area contributed by atoms with Crippen LogP contribution in [0.2, 0.25) is 0 Å². The maximum Gasteiger partial charge on any atom is 0.132 e. The van der Waals surface area contributed by atoms with Crippen LogP contribution < -0.4 is 5.73 Å². The molecule has 0 fully saturated rings. The van der Waals surface area contributed by atoms with Crippen LogP contribution in [-0.2, 0) is 6.42 Å². The van der Waals surface area contributed by atoms with E-state index in [0.29, 0.717) is 5.69 Å². The predicted octanol–water partition coefficient (Wildman–Crippen LogP) is 2.27. The van der Waals surface area contributed by atoms with Crippen molar-refractivity contribution < 1.29 is 0 Å². The molecule has 1 heterocycles. The van der Waals surface area contributed by atoms with Crippen LogP contribution in [-0.4, -0.2) is 9.97 Å². The highest BCUT2D eigenvalue weighted by atomic mass is 14.9. The molecule has 16 heavy (non-hydrogen) atoms. The first-order valence-corrected chi connectivity index (χ1v) is 5.27. The maximum atomic E-state index is 5.55. The lowest BCUT2D eigenvalue weighted by Crippen LogP contribution is -1.99. The smallest absolute Gasteiger partial charge is 0.132 e. The van der Waals surface area contributed by atoms with Crippen molar-refractivity contribution >= 4 is 5.69 Å². The first-order chi connectivity index (χ1) is 7.65. The predicted molar refractivity (Wildman–Crippen MR) is 65.2 cm³/mol. The molecule has 0 unspecified atom stereocenters. The number of aryl methyl sites for hydroxylation is 2. The minimum Gasteiger partial charge on any atom is -0.396 e. The van der Waals surface area contributed by atoms with Crippen molar-refractivity contribution in [1.29, 1.82) is 0 Å². The zero-order chi connectivity index (χ0) is 11.5. The molecule has 1 aromatic heterocycles. The van der Waals surface area contributed by atoms with E-state index in [1.54, 1.807) is 12.4 Å². The first-order valence-electron chi connectivity index (χ1n) is 5.27. The lowest BCUT2D eigenvalue weighted by Gasteiger charge is -2.06. The molecule has 0 saturated carbocycles. The molecule has 2 aromatic rings. The normalized spacial score (nSPS) is 10.4. The van der Waals surface area contributed by atoms with Gasteiger partial charge in [0.25, 0.3) is 0 Å². The Morgan fingerprint density at radius 1 is 1.12 bits per heavy atom. The van der Waals surface area contributed by atoms with Crippen LogP contribution in [0, 0.1) is 13.8 Å². The fourth-order valence-electron chi connectivity index (χ4n) is 1.62. The van der Waals surface area contributed by atoms with Crippen molar-refractivity contribution in [2.75, 3.05) is 5.73 Å². The second kappa shape index (κ2) is 4.31. The van der Waals surface area contributed by atoms with Crippen molar-refractivity contribution in [3.05, 3.63) is 53.1 Å². The van der Waals surface area contributed by atoms with Crippen LogP contribution in [0.25, 0.3) is 0 Å². The minimum atomic E-state index is 0.602. The van der Waals surface area contributed by atoms with E-state index in [1.807, 2.05) is 0 Å². The molecule has 3 nitrogen and oxygen atoms in total. The highest BCUT2D eigenvalue weighted by molar-refractivity contribution is 5.34. The highest BCUT2D eigenvalue weighted by Gasteiger charge is 2.02. The molecule has 0 atom stereocenters. The number of aromatic nitrogens is 2. The van der Waals surface area contributed by atoms with Gasteiger partial charge in [0, 0.05) is 6.42 Å². The summed E-state index contributed by atoms with van der Waals surface area (Å²) >= 11 is 0. The Labute approximate surface area is 95.4 Å². The second-order valence-electron chi connectivity index (χ2n) is 4.04. The van der Waals surface area contributed by atoms with E-state index < -0.39 is 0 Å². The van der Waals surface area contributed by atoms with Crippen LogP contribution in [0.5, 0.6) is 0 Å². The van der Waals surface area contributed by atoms with Gasteiger partial charge in [-0.3, -0.25) is 0 Å². The molecular weight excluding hydrogens is 198 g/mol. The standard InChI is InChI=1S/C13H15N3/c1-9-3-4-10(2)11(5-9)6-13-15-7-12(14)8-16-13/h3-5,7-8H,6,14H2,1-2H3. The molecule has 0 saturated heterocycles. The summed E-state index contributed by atoms with van der Waals surface area (Å²) in [4.78, 5) is 8.42. The van der Waals surface area contributed by atoms with E-state index in [1.165, 1.54) is 16.7 Å². The van der Waals surface area contributed by atoms with Gasteiger partial charge in [-0.2, -0.15) is 0 Å². The van der Waals surface area contributed by atoms with Crippen molar-refractivity contribution in [2.45, 2.75) is 20.3 Å². The van der Waals surface area contributed by atoms with Gasteiger partial charge in [-0.1, -0.05) is 23.8 Å². The molecule has 0 aliphatic carbocycles. The van der Waals surface area contributed by atoms with Gasteiger partial charge < -0.3 is 5.73 Å². The van der Waals surface area contributed by atoms with E-state index in [9.17, 15) is 0 Å². The Balaban J connectivity index is 2.26. The van der Waals surface area contributed by atoms with Gasteiger partial charge in [-0.25, -0.2) is 9.97 Å². The van der Waals surface area contributed by atoms with Crippen molar-refractivity contribution in [3.63, 3.8) is 0 Å².